The molecule has 1 aliphatic rings. The Morgan fingerprint density at radius 3 is 2.80 bits per heavy atom. The van der Waals surface area contributed by atoms with Gasteiger partial charge in [-0.2, -0.15) is 0 Å². The van der Waals surface area contributed by atoms with E-state index in [2.05, 4.69) is 5.32 Å². The van der Waals surface area contributed by atoms with E-state index >= 15 is 0 Å². The molecule has 20 heavy (non-hydrogen) atoms. The van der Waals surface area contributed by atoms with E-state index in [-0.39, 0.29) is 5.75 Å². The van der Waals surface area contributed by atoms with Gasteiger partial charge in [-0.3, -0.25) is 0 Å². The van der Waals surface area contributed by atoms with Gasteiger partial charge in [0.1, 0.15) is 23.7 Å². The summed E-state index contributed by atoms with van der Waals surface area (Å²) in [4.78, 5) is 0. The third-order valence-corrected chi connectivity index (χ3v) is 3.68. The van der Waals surface area contributed by atoms with Gasteiger partial charge in [-0.1, -0.05) is 24.3 Å². The van der Waals surface area contributed by atoms with Crippen molar-refractivity contribution in [2.24, 2.45) is 0 Å². The number of aliphatic hydroxyl groups is 1. The van der Waals surface area contributed by atoms with Gasteiger partial charge >= 0.3 is 0 Å². The highest BCUT2D eigenvalue weighted by molar-refractivity contribution is 5.51. The highest BCUT2D eigenvalue weighted by Crippen LogP contribution is 2.40. The summed E-state index contributed by atoms with van der Waals surface area (Å²) >= 11 is 0. The van der Waals surface area contributed by atoms with Crippen LogP contribution in [0.2, 0.25) is 0 Å². The Balaban J connectivity index is 2.25. The molecule has 4 heteroatoms. The van der Waals surface area contributed by atoms with Gasteiger partial charge in [-0.25, -0.2) is 0 Å². The molecule has 3 rings (SSSR count). The number of para-hydroxylation sites is 1. The molecule has 0 saturated heterocycles. The Kier molecular flexibility index (Phi) is 3.12. The lowest BCUT2D eigenvalue weighted by Gasteiger charge is -2.29. The predicted molar refractivity (Wildman–Crippen MR) is 75.8 cm³/mol. The molecule has 1 aliphatic heterocycles. The van der Waals surface area contributed by atoms with E-state index in [1.165, 1.54) is 0 Å². The molecular weight excluding hydrogens is 254 g/mol. The molecule has 0 spiro atoms. The van der Waals surface area contributed by atoms with Gasteiger partial charge in [0.25, 0.3) is 0 Å². The van der Waals surface area contributed by atoms with Crippen molar-refractivity contribution in [3.05, 3.63) is 59.2 Å². The second-order valence-electron chi connectivity index (χ2n) is 5.02. The second-order valence-corrected chi connectivity index (χ2v) is 5.02. The monoisotopic (exact) mass is 271 g/mol. The lowest BCUT2D eigenvalue weighted by molar-refractivity contribution is 0.0815. The number of phenolic OH excluding ortho intramolecular Hbond substituents is 1. The van der Waals surface area contributed by atoms with Crippen molar-refractivity contribution in [3.8, 4) is 11.5 Å². The molecule has 0 saturated carbocycles. The van der Waals surface area contributed by atoms with Gasteiger partial charge in [-0.15, -0.1) is 0 Å². The van der Waals surface area contributed by atoms with E-state index in [0.717, 1.165) is 16.7 Å². The predicted octanol–water partition coefficient (Wildman–Crippen LogP) is 1.74. The third-order valence-electron chi connectivity index (χ3n) is 3.68. The smallest absolute Gasteiger partial charge is 0.131 e. The van der Waals surface area contributed by atoms with E-state index < -0.39 is 5.60 Å². The van der Waals surface area contributed by atoms with Crippen LogP contribution in [0.25, 0.3) is 0 Å². The topological polar surface area (TPSA) is 61.7 Å². The van der Waals surface area contributed by atoms with Crippen molar-refractivity contribution in [1.29, 1.82) is 0 Å². The van der Waals surface area contributed by atoms with Crippen LogP contribution in [0.5, 0.6) is 11.5 Å². The first-order valence-electron chi connectivity index (χ1n) is 6.57. The van der Waals surface area contributed by atoms with E-state index in [1.807, 2.05) is 24.3 Å². The minimum atomic E-state index is -1.18. The van der Waals surface area contributed by atoms with Crippen LogP contribution < -0.4 is 10.1 Å². The minimum Gasteiger partial charge on any atom is -0.508 e. The summed E-state index contributed by atoms with van der Waals surface area (Å²) in [6, 6.07) is 12.5. The van der Waals surface area contributed by atoms with Crippen molar-refractivity contribution >= 4 is 0 Å². The van der Waals surface area contributed by atoms with Crippen LogP contribution in [0.3, 0.4) is 0 Å². The normalized spacial score (nSPS) is 20.5. The number of nitrogens with one attached hydrogen (secondary N) is 1. The summed E-state index contributed by atoms with van der Waals surface area (Å²) in [5.41, 5.74) is 1.11. The number of aromatic hydroxyl groups is 1. The van der Waals surface area contributed by atoms with Crippen molar-refractivity contribution in [2.75, 3.05) is 13.6 Å². The van der Waals surface area contributed by atoms with Gasteiger partial charge < -0.3 is 20.3 Å². The van der Waals surface area contributed by atoms with Crippen LogP contribution in [-0.2, 0) is 12.2 Å². The number of phenols is 1. The summed E-state index contributed by atoms with van der Waals surface area (Å²) in [6.07, 6.45) is 0. The van der Waals surface area contributed by atoms with Gasteiger partial charge in [0.05, 0.1) is 0 Å². The maximum atomic E-state index is 11.2. The Morgan fingerprint density at radius 1 is 1.20 bits per heavy atom. The summed E-state index contributed by atoms with van der Waals surface area (Å²) < 4.78 is 5.77. The lowest BCUT2D eigenvalue weighted by Crippen LogP contribution is -2.38. The van der Waals surface area contributed by atoms with Gasteiger partial charge in [0.2, 0.25) is 0 Å². The van der Waals surface area contributed by atoms with E-state index in [4.69, 9.17) is 4.74 Å². The Labute approximate surface area is 117 Å². The zero-order valence-corrected chi connectivity index (χ0v) is 11.3. The third kappa shape index (κ3) is 1.94. The molecule has 1 heterocycles. The number of hydrogen-bond donors (Lipinski definition) is 3. The highest BCUT2D eigenvalue weighted by Gasteiger charge is 2.37. The van der Waals surface area contributed by atoms with Crippen molar-refractivity contribution in [3.63, 3.8) is 0 Å². The fourth-order valence-corrected chi connectivity index (χ4v) is 2.78. The van der Waals surface area contributed by atoms with E-state index in [1.54, 1.807) is 25.2 Å². The molecular formula is C16H17NO3. The average molecular weight is 271 g/mol. The highest BCUT2D eigenvalue weighted by atomic mass is 16.5. The molecule has 3 N–H and O–H groups in total. The SMILES string of the molecule is CNCC1(O)c2ccc(O)cc2COc2ccccc21. The number of hydrogen-bond acceptors (Lipinski definition) is 4. The van der Waals surface area contributed by atoms with Gasteiger partial charge in [-0.05, 0) is 36.4 Å². The van der Waals surface area contributed by atoms with Crippen molar-refractivity contribution in [1.82, 2.24) is 5.32 Å². The largest absolute Gasteiger partial charge is 0.508 e. The molecule has 104 valence electrons. The van der Waals surface area contributed by atoms with Crippen LogP contribution in [0.4, 0.5) is 0 Å². The van der Waals surface area contributed by atoms with Gasteiger partial charge in [0, 0.05) is 12.1 Å². The second kappa shape index (κ2) is 4.81. The number of benzene rings is 2. The first-order valence-corrected chi connectivity index (χ1v) is 6.57. The molecule has 0 bridgehead atoms. The quantitative estimate of drug-likeness (QED) is 0.778. The van der Waals surface area contributed by atoms with Crippen LogP contribution in [0.15, 0.2) is 42.5 Å². The number of fused-ring (bicyclic) bond motifs is 2. The molecule has 0 radical (unpaired) electrons. The molecule has 4 nitrogen and oxygen atoms in total. The summed E-state index contributed by atoms with van der Waals surface area (Å²) in [6.45, 7) is 0.692. The summed E-state index contributed by atoms with van der Waals surface area (Å²) in [5, 5.41) is 23.9. The summed E-state index contributed by atoms with van der Waals surface area (Å²) in [5.74, 6) is 0.839. The zero-order chi connectivity index (χ0) is 14.2. The average Bonchev–Trinajstić information content (AvgIpc) is 2.56. The Morgan fingerprint density at radius 2 is 2.00 bits per heavy atom. The number of likely N-dealkylation sites (N-methyl/N-ethyl adjacent to an activating group) is 1. The fraction of sp³-hybridized carbons (Fsp3) is 0.250. The van der Waals surface area contributed by atoms with Crippen LogP contribution in [0.1, 0.15) is 16.7 Å². The Bertz CT molecular complexity index is 641. The first-order chi connectivity index (χ1) is 9.65. The summed E-state index contributed by atoms with van der Waals surface area (Å²) in [7, 11) is 1.80. The van der Waals surface area contributed by atoms with Crippen molar-refractivity contribution < 1.29 is 14.9 Å². The standard InChI is InChI=1S/C16H17NO3/c1-17-10-16(19)13-7-6-12(18)8-11(13)9-20-15-5-3-2-4-14(15)16/h2-8,17-19H,9-10H2,1H3. The van der Waals surface area contributed by atoms with Crippen molar-refractivity contribution in [2.45, 2.75) is 12.2 Å². The van der Waals surface area contributed by atoms with E-state index in [0.29, 0.717) is 18.9 Å². The lowest BCUT2D eigenvalue weighted by atomic mass is 9.83. The molecule has 0 fully saturated rings. The zero-order valence-electron chi connectivity index (χ0n) is 11.3. The fourth-order valence-electron chi connectivity index (χ4n) is 2.78. The molecule has 1 atom stereocenters. The number of rotatable bonds is 2. The molecule has 2 aromatic carbocycles. The Hall–Kier alpha value is -2.04. The molecule has 0 amide bonds. The molecule has 2 aromatic rings. The molecule has 1 unspecified atom stereocenters. The first kappa shape index (κ1) is 13.0. The van der Waals surface area contributed by atoms with Crippen LogP contribution in [0, 0.1) is 0 Å². The number of ether oxygens (including phenoxy) is 1. The van der Waals surface area contributed by atoms with Crippen LogP contribution in [-0.4, -0.2) is 23.8 Å². The molecule has 0 aliphatic carbocycles. The minimum absolute atomic E-state index is 0.171. The van der Waals surface area contributed by atoms with Gasteiger partial charge in [0.15, 0.2) is 0 Å². The molecule has 0 aromatic heterocycles. The maximum absolute atomic E-state index is 11.2. The van der Waals surface area contributed by atoms with E-state index in [9.17, 15) is 10.2 Å². The van der Waals surface area contributed by atoms with Crippen LogP contribution >= 0.6 is 0 Å². The maximum Gasteiger partial charge on any atom is 0.131 e.